The molecule has 0 aliphatic carbocycles. The molecule has 1 fully saturated rings. The summed E-state index contributed by atoms with van der Waals surface area (Å²) in [6, 6.07) is 0. The maximum absolute atomic E-state index is 12.5. The second-order valence-corrected chi connectivity index (χ2v) is 6.47. The van der Waals surface area contributed by atoms with Crippen molar-refractivity contribution in [3.8, 4) is 0 Å². The maximum Gasteiger partial charge on any atom is 0.346 e. The average Bonchev–Trinajstić information content (AvgIpc) is 2.64. The monoisotopic (exact) mass is 306 g/mol. The zero-order valence-corrected chi connectivity index (χ0v) is 13.3. The van der Waals surface area contributed by atoms with Crippen LogP contribution in [0.15, 0.2) is 4.79 Å². The van der Waals surface area contributed by atoms with Crippen molar-refractivity contribution in [3.05, 3.63) is 16.3 Å². The average molecular weight is 306 g/mol. The number of hydrogen-bond acceptors (Lipinski definition) is 3. The maximum atomic E-state index is 12.5. The highest BCUT2D eigenvalue weighted by Crippen LogP contribution is 2.12. The SMILES string of the molecule is O=C(Cn1nc2n(c1=O)CCCCC2)N1CCCCCCC1. The highest BCUT2D eigenvalue weighted by molar-refractivity contribution is 5.75. The minimum Gasteiger partial charge on any atom is -0.341 e. The van der Waals surface area contributed by atoms with E-state index in [9.17, 15) is 9.59 Å². The van der Waals surface area contributed by atoms with Crippen molar-refractivity contribution in [2.24, 2.45) is 0 Å². The van der Waals surface area contributed by atoms with Crippen molar-refractivity contribution in [2.45, 2.75) is 70.9 Å². The second kappa shape index (κ2) is 7.11. The molecule has 1 aromatic rings. The lowest BCUT2D eigenvalue weighted by atomic mass is 10.1. The molecule has 0 aromatic carbocycles. The Kier molecular flexibility index (Phi) is 4.95. The van der Waals surface area contributed by atoms with Gasteiger partial charge in [-0.2, -0.15) is 5.10 Å². The first-order valence-electron chi connectivity index (χ1n) is 8.70. The number of carbonyl (C=O) groups excluding carboxylic acids is 1. The van der Waals surface area contributed by atoms with Gasteiger partial charge in [-0.1, -0.05) is 25.7 Å². The lowest BCUT2D eigenvalue weighted by Gasteiger charge is -2.24. The number of likely N-dealkylation sites (tertiary alicyclic amines) is 1. The summed E-state index contributed by atoms with van der Waals surface area (Å²) in [5, 5.41) is 4.41. The first-order valence-corrected chi connectivity index (χ1v) is 8.70. The topological polar surface area (TPSA) is 60.1 Å². The van der Waals surface area contributed by atoms with E-state index in [0.717, 1.165) is 64.0 Å². The Bertz CT molecular complexity index is 567. The lowest BCUT2D eigenvalue weighted by Crippen LogP contribution is -2.39. The molecule has 2 aliphatic rings. The zero-order chi connectivity index (χ0) is 15.4. The van der Waals surface area contributed by atoms with Gasteiger partial charge in [0.15, 0.2) is 0 Å². The van der Waals surface area contributed by atoms with E-state index < -0.39 is 0 Å². The molecule has 0 atom stereocenters. The smallest absolute Gasteiger partial charge is 0.341 e. The number of rotatable bonds is 2. The van der Waals surface area contributed by atoms with E-state index in [4.69, 9.17) is 0 Å². The van der Waals surface area contributed by atoms with Crippen molar-refractivity contribution >= 4 is 5.91 Å². The number of nitrogens with zero attached hydrogens (tertiary/aromatic N) is 4. The van der Waals surface area contributed by atoms with Crippen LogP contribution in [0, 0.1) is 0 Å². The minimum absolute atomic E-state index is 0.0391. The van der Waals surface area contributed by atoms with Gasteiger partial charge in [-0.25, -0.2) is 9.48 Å². The third kappa shape index (κ3) is 3.42. The third-order valence-corrected chi connectivity index (χ3v) is 4.78. The van der Waals surface area contributed by atoms with Crippen LogP contribution >= 0.6 is 0 Å². The molecule has 0 spiro atoms. The molecule has 22 heavy (non-hydrogen) atoms. The predicted octanol–water partition coefficient (Wildman–Crippen LogP) is 1.56. The quantitative estimate of drug-likeness (QED) is 0.833. The molecule has 6 nitrogen and oxygen atoms in total. The summed E-state index contributed by atoms with van der Waals surface area (Å²) >= 11 is 0. The molecular formula is C16H26N4O2. The van der Waals surface area contributed by atoms with Crippen molar-refractivity contribution in [3.63, 3.8) is 0 Å². The fourth-order valence-corrected chi connectivity index (χ4v) is 3.45. The van der Waals surface area contributed by atoms with Gasteiger partial charge in [0.2, 0.25) is 5.91 Å². The van der Waals surface area contributed by atoms with Gasteiger partial charge in [-0.05, 0) is 25.7 Å². The van der Waals surface area contributed by atoms with Crippen molar-refractivity contribution in [1.29, 1.82) is 0 Å². The van der Waals surface area contributed by atoms with Crippen LogP contribution in [0.5, 0.6) is 0 Å². The Labute approximate surface area is 131 Å². The standard InChI is InChI=1S/C16H26N4O2/c21-15(18-10-6-2-1-3-7-11-18)13-20-16(22)19-12-8-4-5-9-14(19)17-20/h1-13H2. The highest BCUT2D eigenvalue weighted by atomic mass is 16.2. The van der Waals surface area contributed by atoms with Crippen LogP contribution in [0.4, 0.5) is 0 Å². The van der Waals surface area contributed by atoms with E-state index in [1.807, 2.05) is 4.90 Å². The van der Waals surface area contributed by atoms with Crippen molar-refractivity contribution in [2.75, 3.05) is 13.1 Å². The Balaban J connectivity index is 1.69. The fraction of sp³-hybridized carbons (Fsp3) is 0.812. The molecule has 0 bridgehead atoms. The summed E-state index contributed by atoms with van der Waals surface area (Å²) < 4.78 is 3.13. The van der Waals surface area contributed by atoms with Crippen LogP contribution < -0.4 is 5.69 Å². The summed E-state index contributed by atoms with van der Waals surface area (Å²) in [7, 11) is 0. The van der Waals surface area contributed by atoms with Crippen LogP contribution in [0.2, 0.25) is 0 Å². The molecular weight excluding hydrogens is 280 g/mol. The molecule has 1 amide bonds. The van der Waals surface area contributed by atoms with Crippen LogP contribution in [-0.4, -0.2) is 38.2 Å². The van der Waals surface area contributed by atoms with Gasteiger partial charge in [-0.15, -0.1) is 0 Å². The van der Waals surface area contributed by atoms with Crippen molar-refractivity contribution < 1.29 is 4.79 Å². The number of amides is 1. The third-order valence-electron chi connectivity index (χ3n) is 4.78. The highest BCUT2D eigenvalue weighted by Gasteiger charge is 2.20. The molecule has 3 heterocycles. The molecule has 0 saturated carbocycles. The lowest BCUT2D eigenvalue weighted by molar-refractivity contribution is -0.132. The van der Waals surface area contributed by atoms with Gasteiger partial charge in [0, 0.05) is 26.1 Å². The van der Waals surface area contributed by atoms with Crippen LogP contribution in [0.1, 0.15) is 57.2 Å². The molecule has 2 aliphatic heterocycles. The molecule has 6 heteroatoms. The van der Waals surface area contributed by atoms with E-state index in [1.165, 1.54) is 23.9 Å². The Morgan fingerprint density at radius 3 is 2.32 bits per heavy atom. The van der Waals surface area contributed by atoms with Gasteiger partial charge in [-0.3, -0.25) is 9.36 Å². The normalized spacial score (nSPS) is 19.9. The molecule has 3 rings (SSSR count). The first-order chi connectivity index (χ1) is 10.8. The molecule has 0 radical (unpaired) electrons. The number of aryl methyl sites for hydroxylation is 1. The molecule has 1 saturated heterocycles. The first kappa shape index (κ1) is 15.3. The van der Waals surface area contributed by atoms with Gasteiger partial charge >= 0.3 is 5.69 Å². The predicted molar refractivity (Wildman–Crippen MR) is 83.7 cm³/mol. The van der Waals surface area contributed by atoms with Gasteiger partial charge in [0.1, 0.15) is 12.4 Å². The number of carbonyl (C=O) groups is 1. The largest absolute Gasteiger partial charge is 0.346 e. The summed E-state index contributed by atoms with van der Waals surface area (Å²) in [4.78, 5) is 26.8. The van der Waals surface area contributed by atoms with Crippen LogP contribution in [-0.2, 0) is 24.3 Å². The van der Waals surface area contributed by atoms with Gasteiger partial charge in [0.25, 0.3) is 0 Å². The van der Waals surface area contributed by atoms with E-state index in [2.05, 4.69) is 5.10 Å². The van der Waals surface area contributed by atoms with Crippen molar-refractivity contribution in [1.82, 2.24) is 19.2 Å². The number of aromatic nitrogens is 3. The van der Waals surface area contributed by atoms with E-state index >= 15 is 0 Å². The van der Waals surface area contributed by atoms with E-state index in [0.29, 0.717) is 0 Å². The van der Waals surface area contributed by atoms with Gasteiger partial charge in [0.05, 0.1) is 0 Å². The van der Waals surface area contributed by atoms with E-state index in [-0.39, 0.29) is 18.1 Å². The minimum atomic E-state index is -0.114. The Morgan fingerprint density at radius 2 is 1.55 bits per heavy atom. The van der Waals surface area contributed by atoms with Gasteiger partial charge < -0.3 is 4.90 Å². The molecule has 0 unspecified atom stereocenters. The fourth-order valence-electron chi connectivity index (χ4n) is 3.45. The number of fused-ring (bicyclic) bond motifs is 1. The van der Waals surface area contributed by atoms with Crippen LogP contribution in [0.25, 0.3) is 0 Å². The second-order valence-electron chi connectivity index (χ2n) is 6.47. The summed E-state index contributed by atoms with van der Waals surface area (Å²) in [6.07, 6.45) is 9.91. The van der Waals surface area contributed by atoms with Crippen LogP contribution in [0.3, 0.4) is 0 Å². The number of hydrogen-bond donors (Lipinski definition) is 0. The summed E-state index contributed by atoms with van der Waals surface area (Å²) in [5.74, 6) is 0.889. The molecule has 122 valence electrons. The molecule has 0 N–H and O–H groups in total. The summed E-state index contributed by atoms with van der Waals surface area (Å²) in [5.41, 5.74) is -0.114. The Morgan fingerprint density at radius 1 is 0.909 bits per heavy atom. The molecule has 1 aromatic heterocycles. The van der Waals surface area contributed by atoms with E-state index in [1.54, 1.807) is 4.57 Å². The zero-order valence-electron chi connectivity index (χ0n) is 13.3. The Hall–Kier alpha value is -1.59. The summed E-state index contributed by atoms with van der Waals surface area (Å²) in [6.45, 7) is 2.48.